The minimum Gasteiger partial charge on any atom is -0.238 e. The number of thiol groups is 1. The van der Waals surface area contributed by atoms with E-state index in [4.69, 9.17) is 0 Å². The second-order valence-corrected chi connectivity index (χ2v) is 4.36. The fourth-order valence-corrected chi connectivity index (χ4v) is 1.23. The molecule has 14 heteroatoms. The van der Waals surface area contributed by atoms with Crippen LogP contribution in [0.1, 0.15) is 0 Å². The summed E-state index contributed by atoms with van der Waals surface area (Å²) in [6.45, 7) is 0. The predicted octanol–water partition coefficient (Wildman–Crippen LogP) is 4.69. The van der Waals surface area contributed by atoms with Crippen LogP contribution in [0.2, 0.25) is 0 Å². The molecular weight excluding hydrogens is 375 g/mol. The van der Waals surface area contributed by atoms with Gasteiger partial charge in [0, 0.05) is 0 Å². The summed E-state index contributed by atoms with van der Waals surface area (Å²) < 4.78 is 163. The maximum atomic E-state index is 12.9. The highest BCUT2D eigenvalue weighted by Crippen LogP contribution is 2.56. The van der Waals surface area contributed by atoms with Crippen molar-refractivity contribution in [3.05, 3.63) is 0 Å². The minimum absolute atomic E-state index is 2.06. The molecule has 0 N–H and O–H groups in total. The number of hydrogen-bond acceptors (Lipinski definition) is 1. The lowest BCUT2D eigenvalue weighted by atomic mass is 9.94. The van der Waals surface area contributed by atoms with Gasteiger partial charge in [-0.1, -0.05) is 0 Å². The van der Waals surface area contributed by atoms with E-state index in [2.05, 4.69) is 12.6 Å². The molecule has 0 saturated heterocycles. The molecule has 3 unspecified atom stereocenters. The number of halogens is 13. The van der Waals surface area contributed by atoms with Crippen molar-refractivity contribution in [1.82, 2.24) is 0 Å². The molecule has 3 atom stereocenters. The summed E-state index contributed by atoms with van der Waals surface area (Å²) in [7, 11) is 0. The molecule has 0 amide bonds. The predicted molar refractivity (Wildman–Crippen MR) is 49.5 cm³/mol. The Morgan fingerprint density at radius 1 is 0.591 bits per heavy atom. The molecule has 0 heterocycles. The molecule has 0 aliphatic rings. The van der Waals surface area contributed by atoms with Gasteiger partial charge in [-0.2, -0.15) is 35.1 Å². The van der Waals surface area contributed by atoms with Crippen LogP contribution in [-0.2, 0) is 0 Å². The maximum absolute atomic E-state index is 12.9. The molecule has 0 aliphatic heterocycles. The zero-order valence-electron chi connectivity index (χ0n) is 9.67. The van der Waals surface area contributed by atoms with Gasteiger partial charge in [0.15, 0.2) is 6.17 Å². The van der Waals surface area contributed by atoms with Crippen LogP contribution in [0.25, 0.3) is 0 Å². The van der Waals surface area contributed by atoms with Gasteiger partial charge in [-0.25, -0.2) is 22.0 Å². The van der Waals surface area contributed by atoms with Gasteiger partial charge >= 0.3 is 23.7 Å². The molecule has 0 spiro atoms. The summed E-state index contributed by atoms with van der Waals surface area (Å²) in [6.07, 6.45) is -14.6. The normalized spacial score (nSPS) is 19.2. The first kappa shape index (κ1) is 21.4. The highest BCUT2D eigenvalue weighted by Gasteiger charge is 2.84. The molecule has 0 aromatic rings. The van der Waals surface area contributed by atoms with Gasteiger partial charge in [0.25, 0.3) is 6.43 Å². The van der Waals surface area contributed by atoms with Gasteiger partial charge < -0.3 is 0 Å². The van der Waals surface area contributed by atoms with Crippen LogP contribution in [0, 0.1) is 0 Å². The summed E-state index contributed by atoms with van der Waals surface area (Å²) >= 11 is 2.06. The summed E-state index contributed by atoms with van der Waals surface area (Å²) in [5, 5.41) is 0. The van der Waals surface area contributed by atoms with Crippen LogP contribution in [0.4, 0.5) is 57.1 Å². The Bertz CT molecular complexity index is 378. The van der Waals surface area contributed by atoms with E-state index in [1.54, 1.807) is 0 Å². The first-order valence-electron chi connectivity index (χ1n) is 4.86. The zero-order valence-corrected chi connectivity index (χ0v) is 10.6. The van der Waals surface area contributed by atoms with Crippen molar-refractivity contribution in [2.45, 2.75) is 48.0 Å². The first-order valence-corrected chi connectivity index (χ1v) is 5.37. The second-order valence-electron chi connectivity index (χ2n) is 3.91. The molecule has 134 valence electrons. The molecule has 0 aliphatic carbocycles. The highest BCUT2D eigenvalue weighted by molar-refractivity contribution is 7.80. The van der Waals surface area contributed by atoms with Gasteiger partial charge in [-0.15, -0.1) is 12.6 Å². The molecule has 0 radical (unpaired) electrons. The Hall–Kier alpha value is -0.560. The van der Waals surface area contributed by atoms with E-state index < -0.39 is 48.0 Å². The smallest absolute Gasteiger partial charge is 0.238 e. The van der Waals surface area contributed by atoms with Gasteiger partial charge in [0.1, 0.15) is 0 Å². The average molecular weight is 380 g/mol. The summed E-state index contributed by atoms with van der Waals surface area (Å²) in [4.78, 5) is 0. The van der Waals surface area contributed by atoms with Crippen LogP contribution in [0.3, 0.4) is 0 Å². The third kappa shape index (κ3) is 3.07. The van der Waals surface area contributed by atoms with Crippen LogP contribution in [0.15, 0.2) is 0 Å². The Morgan fingerprint density at radius 2 is 0.909 bits per heavy atom. The Morgan fingerprint density at radius 3 is 1.18 bits per heavy atom. The van der Waals surface area contributed by atoms with Gasteiger partial charge in [-0.3, -0.25) is 0 Å². The van der Waals surface area contributed by atoms with Gasteiger partial charge in [-0.05, 0) is 0 Å². The molecule has 22 heavy (non-hydrogen) atoms. The standard InChI is InChI=1S/C8H5F13S/c9-1(3(11)12)2(10)5(14,15)7(18,19)8(20,21)6(16,17)4(13)22/h1-4,22H. The molecule has 0 bridgehead atoms. The van der Waals surface area contributed by atoms with Crippen molar-refractivity contribution < 1.29 is 57.1 Å². The molecule has 0 fully saturated rings. The van der Waals surface area contributed by atoms with Crippen molar-refractivity contribution in [3.8, 4) is 0 Å². The number of rotatable bonds is 7. The molecule has 0 saturated carbocycles. The van der Waals surface area contributed by atoms with E-state index in [1.165, 1.54) is 0 Å². The van der Waals surface area contributed by atoms with Crippen LogP contribution in [0.5, 0.6) is 0 Å². The molecule has 0 nitrogen and oxygen atoms in total. The quantitative estimate of drug-likeness (QED) is 0.481. The molecule has 0 aromatic heterocycles. The van der Waals surface area contributed by atoms with E-state index >= 15 is 0 Å². The SMILES string of the molecule is FC(F)C(F)C(F)C(F)(F)C(F)(F)C(F)(F)C(F)(F)C(F)S. The minimum atomic E-state index is -7.41. The van der Waals surface area contributed by atoms with E-state index in [0.29, 0.717) is 0 Å². The van der Waals surface area contributed by atoms with Crippen LogP contribution in [-0.4, -0.2) is 48.0 Å². The van der Waals surface area contributed by atoms with Crippen molar-refractivity contribution in [3.63, 3.8) is 0 Å². The van der Waals surface area contributed by atoms with Crippen molar-refractivity contribution in [1.29, 1.82) is 0 Å². The Balaban J connectivity index is 5.89. The lowest BCUT2D eigenvalue weighted by molar-refractivity contribution is -0.382. The average Bonchev–Trinajstić information content (AvgIpc) is 2.35. The summed E-state index contributed by atoms with van der Waals surface area (Å²) in [5.41, 5.74) is -4.39. The van der Waals surface area contributed by atoms with E-state index in [0.717, 1.165) is 0 Å². The fraction of sp³-hybridized carbons (Fsp3) is 1.00. The summed E-state index contributed by atoms with van der Waals surface area (Å²) in [5.74, 6) is -28.2. The first-order chi connectivity index (χ1) is 9.46. The van der Waals surface area contributed by atoms with Gasteiger partial charge in [0.2, 0.25) is 11.7 Å². The summed E-state index contributed by atoms with van der Waals surface area (Å²) in [6, 6.07) is 0. The number of alkyl halides is 13. The van der Waals surface area contributed by atoms with Crippen molar-refractivity contribution >= 4 is 12.6 Å². The highest BCUT2D eigenvalue weighted by atomic mass is 32.1. The number of hydrogen-bond donors (Lipinski definition) is 1. The Kier molecular flexibility index (Phi) is 5.99. The van der Waals surface area contributed by atoms with Crippen LogP contribution >= 0.6 is 12.6 Å². The molecule has 0 aromatic carbocycles. The van der Waals surface area contributed by atoms with Gasteiger partial charge in [0.05, 0.1) is 0 Å². The van der Waals surface area contributed by atoms with Crippen molar-refractivity contribution in [2.24, 2.45) is 0 Å². The third-order valence-electron chi connectivity index (χ3n) is 2.40. The lowest BCUT2D eigenvalue weighted by Gasteiger charge is -2.38. The molecule has 0 rings (SSSR count). The second kappa shape index (κ2) is 6.15. The van der Waals surface area contributed by atoms with E-state index in [9.17, 15) is 57.1 Å². The monoisotopic (exact) mass is 380 g/mol. The third-order valence-corrected chi connectivity index (χ3v) is 2.72. The Labute approximate surface area is 119 Å². The van der Waals surface area contributed by atoms with E-state index in [-0.39, 0.29) is 0 Å². The lowest BCUT2D eigenvalue weighted by Crippen LogP contribution is -2.67. The topological polar surface area (TPSA) is 0 Å². The van der Waals surface area contributed by atoms with Crippen molar-refractivity contribution in [2.75, 3.05) is 0 Å². The molecular formula is C8H5F13S. The van der Waals surface area contributed by atoms with Crippen LogP contribution < -0.4 is 0 Å². The van der Waals surface area contributed by atoms with E-state index in [1.807, 2.05) is 0 Å². The largest absolute Gasteiger partial charge is 0.382 e. The maximum Gasteiger partial charge on any atom is 0.382 e. The zero-order chi connectivity index (χ0) is 18.3. The fourth-order valence-electron chi connectivity index (χ4n) is 1.07.